The summed E-state index contributed by atoms with van der Waals surface area (Å²) in [5.41, 5.74) is 5.47. The first-order chi connectivity index (χ1) is 16.6. The zero-order chi connectivity index (χ0) is 25.4. The predicted molar refractivity (Wildman–Crippen MR) is 123 cm³/mol. The van der Waals surface area contributed by atoms with Gasteiger partial charge in [0.2, 0.25) is 5.91 Å². The van der Waals surface area contributed by atoms with Crippen molar-refractivity contribution in [3.63, 3.8) is 0 Å². The zero-order valence-electron chi connectivity index (χ0n) is 19.7. The molecule has 2 fully saturated rings. The maximum absolute atomic E-state index is 13.9. The number of ether oxygens (including phenoxy) is 1. The summed E-state index contributed by atoms with van der Waals surface area (Å²) >= 11 is 0. The number of halogens is 3. The molecule has 1 unspecified atom stereocenters. The lowest BCUT2D eigenvalue weighted by Gasteiger charge is -2.41. The third-order valence-electron chi connectivity index (χ3n) is 7.24. The van der Waals surface area contributed by atoms with Gasteiger partial charge in [-0.05, 0) is 61.7 Å². The number of carbonyl (C=O) groups is 2. The topological polar surface area (TPSA) is 79.1 Å². The van der Waals surface area contributed by atoms with Crippen molar-refractivity contribution in [3.05, 3.63) is 65.2 Å². The molecule has 1 spiro atoms. The molecule has 2 heterocycles. The number of alkyl halides is 3. The van der Waals surface area contributed by atoms with E-state index < -0.39 is 29.5 Å². The van der Waals surface area contributed by atoms with E-state index in [4.69, 9.17) is 10.5 Å². The summed E-state index contributed by atoms with van der Waals surface area (Å²) < 4.78 is 44.6. The van der Waals surface area contributed by atoms with Crippen LogP contribution in [0, 0.1) is 0 Å². The smallest absolute Gasteiger partial charge is 0.416 e. The molecule has 188 valence electrons. The number of nitrogens with two attached hydrogens (primary N) is 1. The van der Waals surface area contributed by atoms with Crippen LogP contribution < -0.4 is 10.5 Å². The van der Waals surface area contributed by atoms with E-state index in [9.17, 15) is 22.8 Å². The lowest BCUT2D eigenvalue weighted by molar-refractivity contribution is -0.138. The molecule has 2 N–H and O–H groups in total. The highest BCUT2D eigenvalue weighted by Gasteiger charge is 2.57. The van der Waals surface area contributed by atoms with Gasteiger partial charge in [-0.15, -0.1) is 0 Å². The van der Waals surface area contributed by atoms with Crippen molar-refractivity contribution in [2.24, 2.45) is 5.73 Å². The molecular weight excluding hydrogens is 461 g/mol. The SMILES string of the molecule is COc1ccc(CCN2C(=O)C3(CCN(C(N)=O)CC3)N(C)C2c2ccc(C(F)(F)F)cc2)cc1. The van der Waals surface area contributed by atoms with Gasteiger partial charge >= 0.3 is 12.2 Å². The molecule has 0 aromatic heterocycles. The molecule has 3 amide bonds. The highest BCUT2D eigenvalue weighted by atomic mass is 19.4. The maximum atomic E-state index is 13.9. The molecule has 2 aromatic carbocycles. The Bertz CT molecular complexity index is 1060. The van der Waals surface area contributed by atoms with Crippen molar-refractivity contribution in [3.8, 4) is 5.75 Å². The van der Waals surface area contributed by atoms with Gasteiger partial charge in [-0.2, -0.15) is 13.2 Å². The van der Waals surface area contributed by atoms with Gasteiger partial charge in [-0.25, -0.2) is 4.79 Å². The standard InChI is InChI=1S/C25H29F3N4O3/c1-30-21(18-5-7-19(8-6-18)25(26,27)28)32(14-11-17-3-9-20(35-2)10-4-17)22(33)24(30)12-15-31(16-13-24)23(29)34/h3-10,21H,11-16H2,1-2H3,(H2,29,34). The molecule has 0 bridgehead atoms. The number of piperidine rings is 1. The number of nitrogens with zero attached hydrogens (tertiary/aromatic N) is 3. The van der Waals surface area contributed by atoms with Crippen LogP contribution in [0.5, 0.6) is 5.75 Å². The Balaban J connectivity index is 1.63. The number of carbonyl (C=O) groups excluding carboxylic acids is 2. The molecule has 4 rings (SSSR count). The molecular formula is C25H29F3N4O3. The van der Waals surface area contributed by atoms with E-state index >= 15 is 0 Å². The second kappa shape index (κ2) is 9.41. The number of hydrogen-bond donors (Lipinski definition) is 1. The first-order valence-corrected chi connectivity index (χ1v) is 11.5. The second-order valence-corrected chi connectivity index (χ2v) is 9.06. The summed E-state index contributed by atoms with van der Waals surface area (Å²) in [5.74, 6) is 0.649. The van der Waals surface area contributed by atoms with Crippen molar-refractivity contribution in [1.82, 2.24) is 14.7 Å². The molecule has 0 radical (unpaired) electrons. The minimum Gasteiger partial charge on any atom is -0.497 e. The van der Waals surface area contributed by atoms with Crippen LogP contribution in [0.3, 0.4) is 0 Å². The first-order valence-electron chi connectivity index (χ1n) is 11.5. The monoisotopic (exact) mass is 490 g/mol. The number of likely N-dealkylation sites (N-methyl/N-ethyl adjacent to an activating group) is 1. The Hall–Kier alpha value is -3.27. The Morgan fingerprint density at radius 3 is 2.20 bits per heavy atom. The van der Waals surface area contributed by atoms with Crippen LogP contribution >= 0.6 is 0 Å². The molecule has 2 aliphatic heterocycles. The Morgan fingerprint density at radius 2 is 1.69 bits per heavy atom. The van der Waals surface area contributed by atoms with Crippen molar-refractivity contribution in [1.29, 1.82) is 0 Å². The second-order valence-electron chi connectivity index (χ2n) is 9.06. The normalized spacial score (nSPS) is 20.5. The molecule has 2 aliphatic rings. The highest BCUT2D eigenvalue weighted by molar-refractivity contribution is 5.89. The van der Waals surface area contributed by atoms with E-state index in [2.05, 4.69) is 0 Å². The molecule has 1 atom stereocenters. The average Bonchev–Trinajstić information content (AvgIpc) is 3.04. The van der Waals surface area contributed by atoms with Crippen LogP contribution in [0.15, 0.2) is 48.5 Å². The van der Waals surface area contributed by atoms with Crippen LogP contribution in [0.1, 0.15) is 35.7 Å². The lowest BCUT2D eigenvalue weighted by Crippen LogP contribution is -2.56. The number of primary amides is 1. The number of likely N-dealkylation sites (tertiary alicyclic amines) is 1. The van der Waals surface area contributed by atoms with Crippen LogP contribution in [-0.2, 0) is 17.4 Å². The fourth-order valence-corrected chi connectivity index (χ4v) is 5.15. The molecule has 7 nitrogen and oxygen atoms in total. The lowest BCUT2D eigenvalue weighted by atomic mass is 9.86. The van der Waals surface area contributed by atoms with Gasteiger partial charge in [0.05, 0.1) is 12.7 Å². The Kier molecular flexibility index (Phi) is 6.68. The van der Waals surface area contributed by atoms with E-state index in [0.29, 0.717) is 44.5 Å². The number of urea groups is 1. The number of benzene rings is 2. The van der Waals surface area contributed by atoms with Gasteiger partial charge in [0.15, 0.2) is 0 Å². The minimum atomic E-state index is -4.44. The maximum Gasteiger partial charge on any atom is 0.416 e. The number of amides is 3. The molecule has 35 heavy (non-hydrogen) atoms. The van der Waals surface area contributed by atoms with Crippen LogP contribution in [0.2, 0.25) is 0 Å². The average molecular weight is 491 g/mol. The first kappa shape index (κ1) is 24.8. The zero-order valence-corrected chi connectivity index (χ0v) is 19.7. The van der Waals surface area contributed by atoms with Crippen LogP contribution in [-0.4, -0.2) is 66.0 Å². The fraction of sp³-hybridized carbons (Fsp3) is 0.440. The fourth-order valence-electron chi connectivity index (χ4n) is 5.15. The largest absolute Gasteiger partial charge is 0.497 e. The van der Waals surface area contributed by atoms with Gasteiger partial charge in [-0.1, -0.05) is 24.3 Å². The van der Waals surface area contributed by atoms with E-state index in [1.54, 1.807) is 12.0 Å². The summed E-state index contributed by atoms with van der Waals surface area (Å²) in [6.07, 6.45) is -3.58. The molecule has 0 saturated carbocycles. The van der Waals surface area contributed by atoms with E-state index in [1.165, 1.54) is 17.0 Å². The van der Waals surface area contributed by atoms with Gasteiger partial charge in [0.1, 0.15) is 17.5 Å². The summed E-state index contributed by atoms with van der Waals surface area (Å²) in [7, 11) is 3.42. The van der Waals surface area contributed by atoms with Gasteiger partial charge < -0.3 is 20.3 Å². The summed E-state index contributed by atoms with van der Waals surface area (Å²) in [6, 6.07) is 12.0. The quantitative estimate of drug-likeness (QED) is 0.694. The van der Waals surface area contributed by atoms with E-state index in [0.717, 1.165) is 23.4 Å². The number of hydrogen-bond acceptors (Lipinski definition) is 4. The van der Waals surface area contributed by atoms with Crippen molar-refractivity contribution < 1.29 is 27.5 Å². The van der Waals surface area contributed by atoms with E-state index in [-0.39, 0.29) is 5.91 Å². The van der Waals surface area contributed by atoms with Crippen molar-refractivity contribution >= 4 is 11.9 Å². The van der Waals surface area contributed by atoms with Crippen LogP contribution in [0.4, 0.5) is 18.0 Å². The summed E-state index contributed by atoms with van der Waals surface area (Å²) in [5, 5.41) is 0. The van der Waals surface area contributed by atoms with E-state index in [1.807, 2.05) is 36.2 Å². The third-order valence-corrected chi connectivity index (χ3v) is 7.24. The Labute approximate surface area is 202 Å². The Morgan fingerprint density at radius 1 is 1.09 bits per heavy atom. The predicted octanol–water partition coefficient (Wildman–Crippen LogP) is 3.64. The molecule has 2 aromatic rings. The molecule has 10 heteroatoms. The third kappa shape index (κ3) is 4.67. The number of rotatable bonds is 5. The van der Waals surface area contributed by atoms with Crippen LogP contribution in [0.25, 0.3) is 0 Å². The molecule has 0 aliphatic carbocycles. The summed E-state index contributed by atoms with van der Waals surface area (Å²) in [4.78, 5) is 30.7. The minimum absolute atomic E-state index is 0.0810. The van der Waals surface area contributed by atoms with Gasteiger partial charge in [-0.3, -0.25) is 9.69 Å². The van der Waals surface area contributed by atoms with Crippen molar-refractivity contribution in [2.45, 2.75) is 37.1 Å². The van der Waals surface area contributed by atoms with Gasteiger partial charge in [0.25, 0.3) is 0 Å². The highest BCUT2D eigenvalue weighted by Crippen LogP contribution is 2.45. The van der Waals surface area contributed by atoms with Crippen molar-refractivity contribution in [2.75, 3.05) is 33.8 Å². The summed E-state index contributed by atoms with van der Waals surface area (Å²) in [6.45, 7) is 1.08. The molecule has 2 saturated heterocycles. The van der Waals surface area contributed by atoms with Gasteiger partial charge in [0, 0.05) is 19.6 Å². The number of methoxy groups -OCH3 is 1.